The molecular formula is C22H30N4O. The molecule has 4 rings (SSSR count). The lowest BCUT2D eigenvalue weighted by molar-refractivity contribution is -0.130. The molecule has 0 saturated carbocycles. The fraction of sp³-hybridized carbons (Fsp3) is 0.545. The van der Waals surface area contributed by atoms with Crippen LogP contribution in [0.15, 0.2) is 30.3 Å². The summed E-state index contributed by atoms with van der Waals surface area (Å²) in [5, 5.41) is 7.65. The zero-order valence-corrected chi connectivity index (χ0v) is 16.3. The Balaban J connectivity index is 1.26. The van der Waals surface area contributed by atoms with Crippen LogP contribution >= 0.6 is 0 Å². The third-order valence-electron chi connectivity index (χ3n) is 6.08. The number of nitrogens with zero attached hydrogens (tertiary/aromatic N) is 3. The van der Waals surface area contributed by atoms with Gasteiger partial charge in [0.1, 0.15) is 0 Å². The van der Waals surface area contributed by atoms with Gasteiger partial charge >= 0.3 is 0 Å². The highest BCUT2D eigenvalue weighted by Crippen LogP contribution is 2.25. The van der Waals surface area contributed by atoms with E-state index in [0.717, 1.165) is 51.0 Å². The van der Waals surface area contributed by atoms with Gasteiger partial charge in [0, 0.05) is 50.9 Å². The van der Waals surface area contributed by atoms with E-state index >= 15 is 0 Å². The van der Waals surface area contributed by atoms with Gasteiger partial charge in [0.25, 0.3) is 0 Å². The predicted octanol–water partition coefficient (Wildman–Crippen LogP) is 3.21. The van der Waals surface area contributed by atoms with Crippen molar-refractivity contribution in [1.82, 2.24) is 15.1 Å². The van der Waals surface area contributed by atoms with Crippen molar-refractivity contribution in [2.75, 3.05) is 31.6 Å². The van der Waals surface area contributed by atoms with E-state index in [0.29, 0.717) is 12.3 Å². The normalized spacial score (nSPS) is 19.1. The molecule has 1 atom stereocenters. The summed E-state index contributed by atoms with van der Waals surface area (Å²) in [7, 11) is 1.95. The van der Waals surface area contributed by atoms with Crippen LogP contribution in [0.1, 0.15) is 42.6 Å². The number of aromatic nitrogens is 2. The van der Waals surface area contributed by atoms with E-state index in [2.05, 4.69) is 45.4 Å². The van der Waals surface area contributed by atoms with E-state index in [4.69, 9.17) is 0 Å². The molecule has 1 aromatic carbocycles. The zero-order chi connectivity index (χ0) is 18.6. The van der Waals surface area contributed by atoms with Crippen molar-refractivity contribution < 1.29 is 4.79 Å². The van der Waals surface area contributed by atoms with Gasteiger partial charge < -0.3 is 9.80 Å². The maximum absolute atomic E-state index is 12.6. The number of carbonyl (C=O) groups is 1. The van der Waals surface area contributed by atoms with Crippen LogP contribution in [0, 0.1) is 5.92 Å². The molecule has 2 aromatic rings. The summed E-state index contributed by atoms with van der Waals surface area (Å²) in [5.74, 6) is 0.790. The Morgan fingerprint density at radius 3 is 2.93 bits per heavy atom. The lowest BCUT2D eigenvalue weighted by Gasteiger charge is -2.22. The van der Waals surface area contributed by atoms with Crippen molar-refractivity contribution in [2.24, 2.45) is 5.92 Å². The first-order chi connectivity index (χ1) is 13.2. The minimum absolute atomic E-state index is 0.237. The van der Waals surface area contributed by atoms with Crippen molar-refractivity contribution in [3.05, 3.63) is 47.3 Å². The minimum Gasteiger partial charge on any atom is -0.371 e. The second-order valence-electron chi connectivity index (χ2n) is 8.05. The van der Waals surface area contributed by atoms with Gasteiger partial charge in [0.15, 0.2) is 0 Å². The first-order valence-electron chi connectivity index (χ1n) is 10.3. The molecule has 5 nitrogen and oxygen atoms in total. The van der Waals surface area contributed by atoms with E-state index < -0.39 is 0 Å². The average molecular weight is 367 g/mol. The van der Waals surface area contributed by atoms with Crippen LogP contribution in [-0.2, 0) is 24.1 Å². The van der Waals surface area contributed by atoms with Crippen molar-refractivity contribution in [2.45, 2.75) is 44.9 Å². The van der Waals surface area contributed by atoms with Gasteiger partial charge in [-0.3, -0.25) is 9.89 Å². The number of H-pyrrole nitrogens is 1. The van der Waals surface area contributed by atoms with Crippen LogP contribution in [0.2, 0.25) is 0 Å². The Bertz CT molecular complexity index is 770. The summed E-state index contributed by atoms with van der Waals surface area (Å²) in [6.07, 6.45) is 7.18. The number of carbonyl (C=O) groups excluding carboxylic acids is 1. The number of hydrogen-bond donors (Lipinski definition) is 1. The monoisotopic (exact) mass is 366 g/mol. The summed E-state index contributed by atoms with van der Waals surface area (Å²) in [6.45, 7) is 2.96. The van der Waals surface area contributed by atoms with Crippen LogP contribution < -0.4 is 4.90 Å². The highest BCUT2D eigenvalue weighted by molar-refractivity contribution is 5.76. The number of aryl methyl sites for hydroxylation is 2. The van der Waals surface area contributed by atoms with Crippen molar-refractivity contribution in [3.8, 4) is 0 Å². The number of hydrogen-bond acceptors (Lipinski definition) is 3. The lowest BCUT2D eigenvalue weighted by atomic mass is 9.94. The Kier molecular flexibility index (Phi) is 5.46. The van der Waals surface area contributed by atoms with E-state index in [-0.39, 0.29) is 5.91 Å². The standard InChI is InChI=1S/C22H30N4O/c1-25(15-17-13-14-26(16-17)18-7-3-2-4-8-18)22(27)12-11-21-19-9-5-6-10-20(19)23-24-21/h2-4,7-8,17H,5-6,9-16H2,1H3,(H,23,24). The number of nitrogens with one attached hydrogen (secondary N) is 1. The Morgan fingerprint density at radius 1 is 1.26 bits per heavy atom. The number of fused-ring (bicyclic) bond motifs is 1. The van der Waals surface area contributed by atoms with Crippen molar-refractivity contribution in [1.29, 1.82) is 0 Å². The molecule has 0 radical (unpaired) electrons. The van der Waals surface area contributed by atoms with Crippen molar-refractivity contribution >= 4 is 11.6 Å². The van der Waals surface area contributed by atoms with E-state index in [9.17, 15) is 4.79 Å². The summed E-state index contributed by atoms with van der Waals surface area (Å²) >= 11 is 0. The molecule has 1 aliphatic heterocycles. The van der Waals surface area contributed by atoms with Gasteiger partial charge in [-0.25, -0.2) is 0 Å². The molecule has 5 heteroatoms. The first kappa shape index (κ1) is 18.1. The molecule has 1 amide bonds. The number of para-hydroxylation sites is 1. The molecule has 0 bridgehead atoms. The first-order valence-corrected chi connectivity index (χ1v) is 10.3. The van der Waals surface area contributed by atoms with Gasteiger partial charge in [0.05, 0.1) is 5.69 Å². The van der Waals surface area contributed by atoms with Crippen LogP contribution in [-0.4, -0.2) is 47.7 Å². The van der Waals surface area contributed by atoms with E-state index in [1.807, 2.05) is 11.9 Å². The minimum atomic E-state index is 0.237. The molecule has 144 valence electrons. The highest BCUT2D eigenvalue weighted by atomic mass is 16.2. The predicted molar refractivity (Wildman–Crippen MR) is 108 cm³/mol. The Morgan fingerprint density at radius 2 is 2.07 bits per heavy atom. The molecule has 0 spiro atoms. The van der Waals surface area contributed by atoms with Crippen molar-refractivity contribution in [3.63, 3.8) is 0 Å². The smallest absolute Gasteiger partial charge is 0.222 e. The number of anilines is 1. The molecule has 1 aliphatic carbocycles. The zero-order valence-electron chi connectivity index (χ0n) is 16.3. The fourth-order valence-corrected chi connectivity index (χ4v) is 4.52. The second kappa shape index (κ2) is 8.15. The summed E-state index contributed by atoms with van der Waals surface area (Å²) in [4.78, 5) is 17.0. The molecule has 1 unspecified atom stereocenters. The molecule has 27 heavy (non-hydrogen) atoms. The Labute approximate surface area is 161 Å². The molecule has 1 N–H and O–H groups in total. The average Bonchev–Trinajstić information content (AvgIpc) is 3.34. The number of amides is 1. The molecule has 1 aromatic heterocycles. The molecule has 1 saturated heterocycles. The van der Waals surface area contributed by atoms with Crippen LogP contribution in [0.3, 0.4) is 0 Å². The maximum atomic E-state index is 12.6. The summed E-state index contributed by atoms with van der Waals surface area (Å²) in [6, 6.07) is 10.6. The largest absolute Gasteiger partial charge is 0.371 e. The topological polar surface area (TPSA) is 52.2 Å². The van der Waals surface area contributed by atoms with Gasteiger partial charge in [-0.2, -0.15) is 5.10 Å². The molecule has 2 aliphatic rings. The lowest BCUT2D eigenvalue weighted by Crippen LogP contribution is -2.33. The van der Waals surface area contributed by atoms with Gasteiger partial charge in [-0.05, 0) is 55.7 Å². The van der Waals surface area contributed by atoms with E-state index in [1.165, 1.54) is 29.8 Å². The van der Waals surface area contributed by atoms with Crippen LogP contribution in [0.4, 0.5) is 5.69 Å². The fourth-order valence-electron chi connectivity index (χ4n) is 4.52. The number of rotatable bonds is 6. The molecule has 1 fully saturated rings. The number of aromatic amines is 1. The van der Waals surface area contributed by atoms with Gasteiger partial charge in [-0.1, -0.05) is 18.2 Å². The van der Waals surface area contributed by atoms with E-state index in [1.54, 1.807) is 0 Å². The molecular weight excluding hydrogens is 336 g/mol. The Hall–Kier alpha value is -2.30. The number of benzene rings is 1. The third-order valence-corrected chi connectivity index (χ3v) is 6.08. The summed E-state index contributed by atoms with van der Waals surface area (Å²) in [5.41, 5.74) is 5.08. The second-order valence-corrected chi connectivity index (χ2v) is 8.05. The SMILES string of the molecule is CN(CC1CCN(c2ccccc2)C1)C(=O)CCc1n[nH]c2c1CCCC2. The quantitative estimate of drug-likeness (QED) is 0.854. The highest BCUT2D eigenvalue weighted by Gasteiger charge is 2.25. The van der Waals surface area contributed by atoms with Crippen LogP contribution in [0.25, 0.3) is 0 Å². The third kappa shape index (κ3) is 4.18. The summed E-state index contributed by atoms with van der Waals surface area (Å²) < 4.78 is 0. The van der Waals surface area contributed by atoms with Crippen LogP contribution in [0.5, 0.6) is 0 Å². The van der Waals surface area contributed by atoms with Gasteiger partial charge in [-0.15, -0.1) is 0 Å². The molecule has 2 heterocycles. The van der Waals surface area contributed by atoms with Gasteiger partial charge in [0.2, 0.25) is 5.91 Å². The maximum Gasteiger partial charge on any atom is 0.222 e.